The molecule has 1 unspecified atom stereocenters. The van der Waals surface area contributed by atoms with Crippen LogP contribution in [-0.2, 0) is 20.2 Å². The normalized spacial score (nSPS) is 20.1. The van der Waals surface area contributed by atoms with Crippen LogP contribution in [0.1, 0.15) is 74.5 Å². The third-order valence-electron chi connectivity index (χ3n) is 8.92. The van der Waals surface area contributed by atoms with Crippen molar-refractivity contribution < 1.29 is 13.2 Å². The fourth-order valence-electron chi connectivity index (χ4n) is 6.46. The number of carbonyl (C=O) groups is 1. The van der Waals surface area contributed by atoms with Crippen molar-refractivity contribution in [3.8, 4) is 0 Å². The first-order chi connectivity index (χ1) is 19.0. The van der Waals surface area contributed by atoms with Gasteiger partial charge < -0.3 is 9.80 Å². The summed E-state index contributed by atoms with van der Waals surface area (Å²) >= 11 is 6.24. The Kier molecular flexibility index (Phi) is 10.3. The molecule has 7 nitrogen and oxygen atoms in total. The number of piperidine rings is 2. The van der Waals surface area contributed by atoms with E-state index >= 15 is 0 Å². The van der Waals surface area contributed by atoms with Crippen LogP contribution in [-0.4, -0.2) is 79.7 Å². The Hall–Kier alpha value is -2.00. The van der Waals surface area contributed by atoms with Crippen LogP contribution in [0, 0.1) is 13.8 Å². The smallest absolute Gasteiger partial charge is 0.243 e. The van der Waals surface area contributed by atoms with Gasteiger partial charge in [-0.15, -0.1) is 0 Å². The molecule has 2 aliphatic rings. The lowest BCUT2D eigenvalue weighted by atomic mass is 9.70. The summed E-state index contributed by atoms with van der Waals surface area (Å²) in [4.78, 5) is 22.3. The third kappa shape index (κ3) is 7.07. The SMILES string of the molecule is Cc1cc(S(=O)(=O)N2CCCCC2CCC(=O)N2CCC(CCCN(C)C)(c3cccnc3)CC2)c(C)cc1Cl. The summed E-state index contributed by atoms with van der Waals surface area (Å²) in [5, 5.41) is 0.573. The van der Waals surface area contributed by atoms with E-state index in [0.717, 1.165) is 70.1 Å². The molecule has 0 saturated carbocycles. The maximum absolute atomic E-state index is 13.7. The zero-order chi connectivity index (χ0) is 28.9. The lowest BCUT2D eigenvalue weighted by molar-refractivity contribution is -0.133. The molecule has 40 heavy (non-hydrogen) atoms. The number of hydrogen-bond acceptors (Lipinski definition) is 5. The zero-order valence-corrected chi connectivity index (χ0v) is 26.1. The maximum Gasteiger partial charge on any atom is 0.243 e. The Balaban J connectivity index is 1.40. The van der Waals surface area contributed by atoms with Crippen molar-refractivity contribution >= 4 is 27.5 Å². The van der Waals surface area contributed by atoms with Gasteiger partial charge in [0.1, 0.15) is 0 Å². The Morgan fingerprint density at radius 3 is 2.55 bits per heavy atom. The monoisotopic (exact) mass is 588 g/mol. The van der Waals surface area contributed by atoms with Crippen molar-refractivity contribution in [2.75, 3.05) is 40.3 Å². The van der Waals surface area contributed by atoms with Gasteiger partial charge in [-0.3, -0.25) is 9.78 Å². The number of sulfonamides is 1. The van der Waals surface area contributed by atoms with Crippen molar-refractivity contribution in [3.05, 3.63) is 58.4 Å². The molecule has 2 saturated heterocycles. The van der Waals surface area contributed by atoms with E-state index < -0.39 is 10.0 Å². The first kappa shape index (κ1) is 30.9. The largest absolute Gasteiger partial charge is 0.343 e. The van der Waals surface area contributed by atoms with E-state index in [1.165, 1.54) is 5.56 Å². The van der Waals surface area contributed by atoms with E-state index in [1.54, 1.807) is 23.4 Å². The molecule has 2 fully saturated rings. The number of rotatable bonds is 10. The van der Waals surface area contributed by atoms with Gasteiger partial charge in [-0.2, -0.15) is 4.31 Å². The minimum Gasteiger partial charge on any atom is -0.343 e. The van der Waals surface area contributed by atoms with E-state index in [2.05, 4.69) is 30.0 Å². The standard InChI is InChI=1S/C31H45ClN4O3S/c1-24-22-29(25(2)21-28(24)32)40(38,39)36-18-6-5-10-27(36)11-12-30(37)35-19-14-31(15-20-35,13-8-17-34(3)4)26-9-7-16-33-23-26/h7,9,16,21-23,27H,5-6,8,10-15,17-20H2,1-4H3. The van der Waals surface area contributed by atoms with Gasteiger partial charge >= 0.3 is 0 Å². The van der Waals surface area contributed by atoms with E-state index in [9.17, 15) is 13.2 Å². The van der Waals surface area contributed by atoms with Crippen molar-refractivity contribution in [1.29, 1.82) is 0 Å². The number of nitrogens with zero attached hydrogens (tertiary/aromatic N) is 4. The molecule has 0 N–H and O–H groups in total. The van der Waals surface area contributed by atoms with Crippen LogP contribution in [0.2, 0.25) is 5.02 Å². The van der Waals surface area contributed by atoms with Crippen LogP contribution in [0.4, 0.5) is 0 Å². The molecule has 1 amide bonds. The van der Waals surface area contributed by atoms with E-state index in [-0.39, 0.29) is 17.4 Å². The second-order valence-electron chi connectivity index (χ2n) is 12.0. The summed E-state index contributed by atoms with van der Waals surface area (Å²) < 4.78 is 29.1. The summed E-state index contributed by atoms with van der Waals surface area (Å²) in [6, 6.07) is 7.45. The van der Waals surface area contributed by atoms with Crippen LogP contribution in [0.15, 0.2) is 41.6 Å². The second kappa shape index (κ2) is 13.3. The summed E-state index contributed by atoms with van der Waals surface area (Å²) in [5.41, 5.74) is 2.73. The van der Waals surface area contributed by atoms with Gasteiger partial charge in [0.05, 0.1) is 4.90 Å². The zero-order valence-electron chi connectivity index (χ0n) is 24.5. The predicted molar refractivity (Wildman–Crippen MR) is 161 cm³/mol. The first-order valence-corrected chi connectivity index (χ1v) is 16.5. The van der Waals surface area contributed by atoms with Crippen LogP contribution >= 0.6 is 11.6 Å². The highest BCUT2D eigenvalue weighted by molar-refractivity contribution is 7.89. The molecule has 3 heterocycles. The highest BCUT2D eigenvalue weighted by Crippen LogP contribution is 2.40. The molecule has 2 aromatic rings. The number of carbonyl (C=O) groups excluding carboxylic acids is 1. The second-order valence-corrected chi connectivity index (χ2v) is 14.2. The van der Waals surface area contributed by atoms with Crippen molar-refractivity contribution in [3.63, 3.8) is 0 Å². The molecule has 220 valence electrons. The molecule has 4 rings (SSSR count). The highest BCUT2D eigenvalue weighted by Gasteiger charge is 2.38. The number of amides is 1. The molecule has 2 aliphatic heterocycles. The molecule has 0 bridgehead atoms. The first-order valence-electron chi connectivity index (χ1n) is 14.7. The number of halogens is 1. The van der Waals surface area contributed by atoms with Gasteiger partial charge in [-0.1, -0.05) is 24.1 Å². The number of benzene rings is 1. The van der Waals surface area contributed by atoms with E-state index in [0.29, 0.717) is 34.9 Å². The van der Waals surface area contributed by atoms with Crippen molar-refractivity contribution in [2.45, 2.75) is 88.0 Å². The van der Waals surface area contributed by atoms with Gasteiger partial charge in [0.25, 0.3) is 0 Å². The number of aromatic nitrogens is 1. The van der Waals surface area contributed by atoms with Gasteiger partial charge in [-0.25, -0.2) is 8.42 Å². The predicted octanol–water partition coefficient (Wildman–Crippen LogP) is 5.58. The molecule has 1 atom stereocenters. The Labute approximate surface area is 246 Å². The molecular formula is C31H45ClN4O3S. The minimum atomic E-state index is -3.67. The minimum absolute atomic E-state index is 0.0455. The Morgan fingerprint density at radius 2 is 1.88 bits per heavy atom. The highest BCUT2D eigenvalue weighted by atomic mass is 35.5. The molecule has 9 heteroatoms. The third-order valence-corrected chi connectivity index (χ3v) is 11.4. The summed E-state index contributed by atoms with van der Waals surface area (Å²) in [5.74, 6) is 0.134. The van der Waals surface area contributed by atoms with Gasteiger partial charge in [0.15, 0.2) is 0 Å². The topological polar surface area (TPSA) is 73.8 Å². The van der Waals surface area contributed by atoms with Crippen LogP contribution in [0.25, 0.3) is 0 Å². The molecule has 0 radical (unpaired) electrons. The fourth-order valence-corrected chi connectivity index (χ4v) is 8.70. The van der Waals surface area contributed by atoms with Crippen LogP contribution in [0.3, 0.4) is 0 Å². The maximum atomic E-state index is 13.7. The van der Waals surface area contributed by atoms with Crippen molar-refractivity contribution in [2.24, 2.45) is 0 Å². The van der Waals surface area contributed by atoms with Crippen molar-refractivity contribution in [1.82, 2.24) is 19.1 Å². The molecular weight excluding hydrogens is 544 g/mol. The number of aryl methyl sites for hydroxylation is 2. The Bertz CT molecular complexity index is 1260. The van der Waals surface area contributed by atoms with E-state index in [1.807, 2.05) is 30.3 Å². The molecule has 1 aromatic heterocycles. The average Bonchev–Trinajstić information content (AvgIpc) is 2.94. The number of hydrogen-bond donors (Lipinski definition) is 0. The van der Waals surface area contributed by atoms with Gasteiger partial charge in [0.2, 0.25) is 15.9 Å². The summed E-state index contributed by atoms with van der Waals surface area (Å²) in [6.45, 7) is 6.62. The quantitative estimate of drug-likeness (QED) is 0.362. The van der Waals surface area contributed by atoms with Gasteiger partial charge in [-0.05, 0) is 114 Å². The van der Waals surface area contributed by atoms with Gasteiger partial charge in [0, 0.05) is 54.9 Å². The summed E-state index contributed by atoms with van der Waals surface area (Å²) in [6.07, 6.45) is 11.4. The number of pyridine rings is 1. The lowest BCUT2D eigenvalue weighted by Crippen LogP contribution is -2.47. The molecule has 0 aliphatic carbocycles. The lowest BCUT2D eigenvalue weighted by Gasteiger charge is -2.43. The van der Waals surface area contributed by atoms with Crippen LogP contribution in [0.5, 0.6) is 0 Å². The average molecular weight is 589 g/mol. The van der Waals surface area contributed by atoms with Crippen LogP contribution < -0.4 is 0 Å². The fraction of sp³-hybridized carbons (Fsp3) is 0.613. The van der Waals surface area contributed by atoms with E-state index in [4.69, 9.17) is 11.6 Å². The molecule has 0 spiro atoms. The Morgan fingerprint density at radius 1 is 1.12 bits per heavy atom. The molecule has 1 aromatic carbocycles. The number of likely N-dealkylation sites (tertiary alicyclic amines) is 1. The summed E-state index contributed by atoms with van der Waals surface area (Å²) in [7, 11) is 0.536.